The highest BCUT2D eigenvalue weighted by Crippen LogP contribution is 2.29. The van der Waals surface area contributed by atoms with Gasteiger partial charge in [-0.05, 0) is 38.4 Å². The zero-order valence-electron chi connectivity index (χ0n) is 11.9. The van der Waals surface area contributed by atoms with E-state index in [-0.39, 0.29) is 5.75 Å². The van der Waals surface area contributed by atoms with Gasteiger partial charge in [0.25, 0.3) is 0 Å². The molecule has 2 N–H and O–H groups in total. The second-order valence-corrected chi connectivity index (χ2v) is 5.35. The number of nitrogens with zero attached hydrogens (tertiary/aromatic N) is 1. The second-order valence-electron chi connectivity index (χ2n) is 5.35. The van der Waals surface area contributed by atoms with Crippen LogP contribution in [0.5, 0.6) is 5.75 Å². The Morgan fingerprint density at radius 3 is 2.71 bits per heavy atom. The third-order valence-electron chi connectivity index (χ3n) is 3.82. The zero-order valence-corrected chi connectivity index (χ0v) is 11.9. The minimum Gasteiger partial charge on any atom is -0.405 e. The molecule has 1 fully saturated rings. The van der Waals surface area contributed by atoms with Gasteiger partial charge in [0.1, 0.15) is 5.75 Å². The molecule has 0 spiro atoms. The lowest BCUT2D eigenvalue weighted by molar-refractivity contribution is -0.275. The molecule has 1 aromatic rings. The Kier molecular flexibility index (Phi) is 5.47. The fourth-order valence-corrected chi connectivity index (χ4v) is 2.86. The van der Waals surface area contributed by atoms with Gasteiger partial charge < -0.3 is 10.5 Å². The van der Waals surface area contributed by atoms with Gasteiger partial charge in [0.15, 0.2) is 0 Å². The van der Waals surface area contributed by atoms with E-state index < -0.39 is 6.36 Å². The molecule has 0 radical (unpaired) electrons. The van der Waals surface area contributed by atoms with Gasteiger partial charge in [0, 0.05) is 18.2 Å². The van der Waals surface area contributed by atoms with Crippen molar-refractivity contribution >= 4 is 0 Å². The van der Waals surface area contributed by atoms with Gasteiger partial charge in [-0.15, -0.1) is 13.2 Å². The lowest BCUT2D eigenvalue weighted by Gasteiger charge is -2.36. The number of rotatable bonds is 5. The van der Waals surface area contributed by atoms with E-state index >= 15 is 0 Å². The molecule has 0 amide bonds. The van der Waals surface area contributed by atoms with Crippen molar-refractivity contribution in [2.45, 2.75) is 44.6 Å². The highest BCUT2D eigenvalue weighted by Gasteiger charge is 2.32. The third-order valence-corrected chi connectivity index (χ3v) is 3.82. The molecular weight excluding hydrogens is 281 g/mol. The first-order valence-electron chi connectivity index (χ1n) is 7.27. The molecule has 1 aliphatic heterocycles. The molecule has 0 saturated carbocycles. The molecule has 1 atom stereocenters. The van der Waals surface area contributed by atoms with Crippen LogP contribution in [0.3, 0.4) is 0 Å². The van der Waals surface area contributed by atoms with Crippen LogP contribution in [0.2, 0.25) is 0 Å². The first-order chi connectivity index (χ1) is 9.99. The number of likely N-dealkylation sites (tertiary alicyclic amines) is 1. The van der Waals surface area contributed by atoms with Crippen LogP contribution in [0.25, 0.3) is 0 Å². The van der Waals surface area contributed by atoms with Crippen LogP contribution in [-0.4, -0.2) is 30.4 Å². The predicted molar refractivity (Wildman–Crippen MR) is 74.8 cm³/mol. The Labute approximate surface area is 122 Å². The molecule has 6 heteroatoms. The van der Waals surface area contributed by atoms with E-state index in [9.17, 15) is 13.2 Å². The summed E-state index contributed by atoms with van der Waals surface area (Å²) >= 11 is 0. The van der Waals surface area contributed by atoms with Crippen molar-refractivity contribution < 1.29 is 17.9 Å². The summed E-state index contributed by atoms with van der Waals surface area (Å²) in [5.41, 5.74) is 6.20. The summed E-state index contributed by atoms with van der Waals surface area (Å²) in [6.45, 7) is 1.96. The lowest BCUT2D eigenvalue weighted by Crippen LogP contribution is -2.40. The number of halogens is 3. The first-order valence-corrected chi connectivity index (χ1v) is 7.27. The highest BCUT2D eigenvalue weighted by atomic mass is 19.4. The van der Waals surface area contributed by atoms with Crippen molar-refractivity contribution in [3.05, 3.63) is 29.8 Å². The topological polar surface area (TPSA) is 38.5 Å². The van der Waals surface area contributed by atoms with Gasteiger partial charge in [-0.25, -0.2) is 0 Å². The summed E-state index contributed by atoms with van der Waals surface area (Å²) in [6, 6.07) is 6.70. The summed E-state index contributed by atoms with van der Waals surface area (Å²) in [5.74, 6) is -0.109. The number of benzene rings is 1. The third kappa shape index (κ3) is 4.89. The van der Waals surface area contributed by atoms with Crippen molar-refractivity contribution in [2.75, 3.05) is 13.1 Å². The lowest BCUT2D eigenvalue weighted by atomic mass is 9.98. The van der Waals surface area contributed by atoms with Crippen molar-refractivity contribution in [2.24, 2.45) is 5.73 Å². The summed E-state index contributed by atoms with van der Waals surface area (Å²) in [6.07, 6.45) is -0.498. The molecule has 3 nitrogen and oxygen atoms in total. The number of nitrogens with two attached hydrogens (primary N) is 1. The standard InChI is InChI=1S/C15H21F3N2O/c16-15(17,18)21-14-7-2-1-5-12(14)11-20-10-4-3-6-13(20)8-9-19/h1-2,5,7,13H,3-4,6,8-11,19H2. The average Bonchev–Trinajstić information content (AvgIpc) is 2.42. The molecule has 0 aliphatic carbocycles. The van der Waals surface area contributed by atoms with E-state index in [1.165, 1.54) is 6.07 Å². The van der Waals surface area contributed by atoms with Crippen LogP contribution in [0.15, 0.2) is 24.3 Å². The Bertz CT molecular complexity index is 449. The van der Waals surface area contributed by atoms with Crippen LogP contribution in [0, 0.1) is 0 Å². The van der Waals surface area contributed by atoms with Crippen molar-refractivity contribution in [3.63, 3.8) is 0 Å². The van der Waals surface area contributed by atoms with Crippen LogP contribution in [0.4, 0.5) is 13.2 Å². The molecule has 0 aromatic heterocycles. The smallest absolute Gasteiger partial charge is 0.405 e. The van der Waals surface area contributed by atoms with Gasteiger partial charge in [-0.2, -0.15) is 0 Å². The largest absolute Gasteiger partial charge is 0.573 e. The number of hydrogen-bond donors (Lipinski definition) is 1. The molecule has 2 rings (SSSR count). The van der Waals surface area contributed by atoms with Gasteiger partial charge in [0.05, 0.1) is 0 Å². The van der Waals surface area contributed by atoms with Crippen LogP contribution in [-0.2, 0) is 6.54 Å². The Hall–Kier alpha value is -1.27. The molecule has 1 aliphatic rings. The molecular formula is C15H21F3N2O. The van der Waals surface area contributed by atoms with Crippen LogP contribution < -0.4 is 10.5 Å². The SMILES string of the molecule is NCCC1CCCCN1Cc1ccccc1OC(F)(F)F. The maximum Gasteiger partial charge on any atom is 0.573 e. The Morgan fingerprint density at radius 2 is 2.00 bits per heavy atom. The summed E-state index contributed by atoms with van der Waals surface area (Å²) in [7, 11) is 0. The number of para-hydroxylation sites is 1. The van der Waals surface area contributed by atoms with Crippen LogP contribution in [0.1, 0.15) is 31.2 Å². The Balaban J connectivity index is 2.10. The number of hydrogen-bond acceptors (Lipinski definition) is 3. The van der Waals surface area contributed by atoms with E-state index in [0.29, 0.717) is 24.7 Å². The molecule has 1 unspecified atom stereocenters. The minimum atomic E-state index is -4.66. The maximum atomic E-state index is 12.4. The normalized spacial score (nSPS) is 20.5. The number of piperidine rings is 1. The van der Waals surface area contributed by atoms with E-state index in [0.717, 1.165) is 32.2 Å². The average molecular weight is 302 g/mol. The number of alkyl halides is 3. The molecule has 118 valence electrons. The summed E-state index contributed by atoms with van der Waals surface area (Å²) in [5, 5.41) is 0. The monoisotopic (exact) mass is 302 g/mol. The maximum absolute atomic E-state index is 12.4. The molecule has 1 heterocycles. The minimum absolute atomic E-state index is 0.109. The summed E-state index contributed by atoms with van der Waals surface area (Å²) in [4.78, 5) is 2.22. The number of ether oxygens (including phenoxy) is 1. The Morgan fingerprint density at radius 1 is 1.24 bits per heavy atom. The van der Waals surface area contributed by atoms with E-state index in [2.05, 4.69) is 9.64 Å². The fraction of sp³-hybridized carbons (Fsp3) is 0.600. The highest BCUT2D eigenvalue weighted by molar-refractivity contribution is 5.33. The molecule has 1 aromatic carbocycles. The van der Waals surface area contributed by atoms with Gasteiger partial charge in [-0.1, -0.05) is 24.6 Å². The van der Waals surface area contributed by atoms with Crippen molar-refractivity contribution in [3.8, 4) is 5.75 Å². The fourth-order valence-electron chi connectivity index (χ4n) is 2.86. The van der Waals surface area contributed by atoms with E-state index in [1.807, 2.05) is 0 Å². The van der Waals surface area contributed by atoms with Crippen molar-refractivity contribution in [1.29, 1.82) is 0 Å². The first kappa shape index (κ1) is 16.1. The van der Waals surface area contributed by atoms with E-state index in [1.54, 1.807) is 18.2 Å². The quantitative estimate of drug-likeness (QED) is 0.907. The van der Waals surface area contributed by atoms with E-state index in [4.69, 9.17) is 5.73 Å². The summed E-state index contributed by atoms with van der Waals surface area (Å²) < 4.78 is 41.5. The van der Waals surface area contributed by atoms with Gasteiger partial charge in [-0.3, -0.25) is 4.90 Å². The van der Waals surface area contributed by atoms with Gasteiger partial charge in [0.2, 0.25) is 0 Å². The van der Waals surface area contributed by atoms with Crippen molar-refractivity contribution in [1.82, 2.24) is 4.90 Å². The molecule has 21 heavy (non-hydrogen) atoms. The second kappa shape index (κ2) is 7.13. The van der Waals surface area contributed by atoms with Crippen LogP contribution >= 0.6 is 0 Å². The molecule has 1 saturated heterocycles. The van der Waals surface area contributed by atoms with Gasteiger partial charge >= 0.3 is 6.36 Å². The molecule has 0 bridgehead atoms. The zero-order chi connectivity index (χ0) is 15.3. The predicted octanol–water partition coefficient (Wildman–Crippen LogP) is 3.29.